The average Bonchev–Trinajstić information content (AvgIpc) is 2.49. The summed E-state index contributed by atoms with van der Waals surface area (Å²) in [7, 11) is 0. The lowest BCUT2D eigenvalue weighted by molar-refractivity contribution is -0.142. The molecule has 0 radical (unpaired) electrons. The smallest absolute Gasteiger partial charge is 0.0894 e. The van der Waals surface area contributed by atoms with Crippen molar-refractivity contribution in [2.24, 2.45) is 17.7 Å². The summed E-state index contributed by atoms with van der Waals surface area (Å²) in [5.41, 5.74) is 3.02. The summed E-state index contributed by atoms with van der Waals surface area (Å²) in [5.74, 6) is 7.42. The Morgan fingerprint density at radius 2 is 1.95 bits per heavy atom. The van der Waals surface area contributed by atoms with E-state index in [1.165, 1.54) is 32.1 Å². The van der Waals surface area contributed by atoms with Gasteiger partial charge in [0.15, 0.2) is 0 Å². The summed E-state index contributed by atoms with van der Waals surface area (Å²) in [4.78, 5) is 0. The molecule has 1 aliphatic carbocycles. The first-order valence-electron chi connectivity index (χ1n) is 8.45. The van der Waals surface area contributed by atoms with Crippen molar-refractivity contribution in [3.8, 4) is 0 Å². The highest BCUT2D eigenvalue weighted by Crippen LogP contribution is 2.41. The highest BCUT2D eigenvalue weighted by Gasteiger charge is 2.46. The Morgan fingerprint density at radius 1 is 1.25 bits per heavy atom. The zero-order valence-electron chi connectivity index (χ0n) is 13.2. The van der Waals surface area contributed by atoms with Crippen LogP contribution in [0.4, 0.5) is 0 Å². The van der Waals surface area contributed by atoms with Crippen LogP contribution in [0.25, 0.3) is 0 Å². The van der Waals surface area contributed by atoms with E-state index < -0.39 is 0 Å². The number of nitrogens with one attached hydrogen (secondary N) is 1. The molecule has 1 heterocycles. The zero-order chi connectivity index (χ0) is 14.4. The predicted octanol–water partition coefficient (Wildman–Crippen LogP) is 2.62. The van der Waals surface area contributed by atoms with E-state index in [0.717, 1.165) is 38.6 Å². The van der Waals surface area contributed by atoms with E-state index in [0.29, 0.717) is 5.92 Å². The molecule has 2 fully saturated rings. The maximum absolute atomic E-state index is 6.25. The highest BCUT2D eigenvalue weighted by molar-refractivity contribution is 5.00. The summed E-state index contributed by atoms with van der Waals surface area (Å²) in [5, 5.41) is 0. The van der Waals surface area contributed by atoms with Crippen LogP contribution in [-0.4, -0.2) is 31.5 Å². The summed E-state index contributed by atoms with van der Waals surface area (Å²) in [6.45, 7) is 6.74. The Labute approximate surface area is 123 Å². The normalized spacial score (nSPS) is 31.9. The Bertz CT molecular complexity index is 274. The van der Waals surface area contributed by atoms with Gasteiger partial charge < -0.3 is 9.47 Å². The predicted molar refractivity (Wildman–Crippen MR) is 81.3 cm³/mol. The summed E-state index contributed by atoms with van der Waals surface area (Å²) >= 11 is 0. The van der Waals surface area contributed by atoms with Crippen LogP contribution < -0.4 is 11.3 Å². The van der Waals surface area contributed by atoms with Gasteiger partial charge in [0.05, 0.1) is 11.6 Å². The van der Waals surface area contributed by atoms with E-state index in [2.05, 4.69) is 19.3 Å². The molecule has 0 aromatic heterocycles. The number of hydrogen-bond donors (Lipinski definition) is 2. The van der Waals surface area contributed by atoms with Crippen molar-refractivity contribution in [3.63, 3.8) is 0 Å². The number of ether oxygens (including phenoxy) is 2. The van der Waals surface area contributed by atoms with Crippen LogP contribution in [0.15, 0.2) is 0 Å². The molecule has 2 aliphatic rings. The first kappa shape index (κ1) is 16.2. The molecule has 20 heavy (non-hydrogen) atoms. The van der Waals surface area contributed by atoms with Crippen LogP contribution >= 0.6 is 0 Å². The topological polar surface area (TPSA) is 56.5 Å². The SMILES string of the molecule is CCOC1(C(NN)C2CCCCC2CC)CCOCC1. The Balaban J connectivity index is 2.17. The van der Waals surface area contributed by atoms with Gasteiger partial charge in [0.1, 0.15) is 0 Å². The minimum absolute atomic E-state index is 0.128. The van der Waals surface area contributed by atoms with Crippen molar-refractivity contribution in [1.29, 1.82) is 0 Å². The van der Waals surface area contributed by atoms with Gasteiger partial charge in [-0.1, -0.05) is 32.6 Å². The monoisotopic (exact) mass is 284 g/mol. The Kier molecular flexibility index (Phi) is 6.27. The number of hydrogen-bond acceptors (Lipinski definition) is 4. The van der Waals surface area contributed by atoms with Crippen LogP contribution in [0.2, 0.25) is 0 Å². The molecule has 0 aromatic carbocycles. The van der Waals surface area contributed by atoms with Gasteiger partial charge in [0, 0.05) is 32.7 Å². The number of hydrazine groups is 1. The van der Waals surface area contributed by atoms with E-state index in [9.17, 15) is 0 Å². The lowest BCUT2D eigenvalue weighted by atomic mass is 9.68. The number of nitrogens with two attached hydrogens (primary N) is 1. The van der Waals surface area contributed by atoms with Crippen LogP contribution in [0.5, 0.6) is 0 Å². The molecule has 3 N–H and O–H groups in total. The fraction of sp³-hybridized carbons (Fsp3) is 1.00. The van der Waals surface area contributed by atoms with Crippen molar-refractivity contribution >= 4 is 0 Å². The molecule has 2 rings (SSSR count). The van der Waals surface area contributed by atoms with Crippen LogP contribution in [-0.2, 0) is 9.47 Å². The summed E-state index contributed by atoms with van der Waals surface area (Å²) in [6.07, 6.45) is 8.50. The van der Waals surface area contributed by atoms with E-state index >= 15 is 0 Å². The van der Waals surface area contributed by atoms with Gasteiger partial charge in [-0.25, -0.2) is 0 Å². The van der Waals surface area contributed by atoms with Crippen LogP contribution in [0.1, 0.15) is 58.8 Å². The quantitative estimate of drug-likeness (QED) is 0.581. The second-order valence-electron chi connectivity index (χ2n) is 6.37. The fourth-order valence-corrected chi connectivity index (χ4v) is 4.40. The third-order valence-corrected chi connectivity index (χ3v) is 5.44. The Morgan fingerprint density at radius 3 is 2.55 bits per heavy atom. The first-order valence-corrected chi connectivity index (χ1v) is 8.45. The molecule has 3 atom stereocenters. The maximum atomic E-state index is 6.25. The fourth-order valence-electron chi connectivity index (χ4n) is 4.40. The molecular formula is C16H32N2O2. The van der Waals surface area contributed by atoms with Gasteiger partial charge in [-0.15, -0.1) is 0 Å². The second-order valence-corrected chi connectivity index (χ2v) is 6.37. The van der Waals surface area contributed by atoms with Crippen molar-refractivity contribution in [3.05, 3.63) is 0 Å². The molecule has 0 aromatic rings. The molecule has 1 saturated heterocycles. The maximum Gasteiger partial charge on any atom is 0.0894 e. The van der Waals surface area contributed by atoms with Gasteiger partial charge >= 0.3 is 0 Å². The molecular weight excluding hydrogens is 252 g/mol. The van der Waals surface area contributed by atoms with E-state index in [-0.39, 0.29) is 11.6 Å². The molecule has 0 bridgehead atoms. The molecule has 1 saturated carbocycles. The van der Waals surface area contributed by atoms with Crippen LogP contribution in [0, 0.1) is 11.8 Å². The third-order valence-electron chi connectivity index (χ3n) is 5.44. The molecule has 0 amide bonds. The lowest BCUT2D eigenvalue weighted by Gasteiger charge is -2.48. The van der Waals surface area contributed by atoms with Gasteiger partial charge in [-0.05, 0) is 25.2 Å². The number of rotatable bonds is 6. The van der Waals surface area contributed by atoms with Gasteiger partial charge in [0.2, 0.25) is 0 Å². The second kappa shape index (κ2) is 7.74. The van der Waals surface area contributed by atoms with Crippen molar-refractivity contribution < 1.29 is 9.47 Å². The molecule has 4 heteroatoms. The van der Waals surface area contributed by atoms with E-state index in [1.54, 1.807) is 0 Å². The molecule has 3 unspecified atom stereocenters. The van der Waals surface area contributed by atoms with Crippen LogP contribution in [0.3, 0.4) is 0 Å². The zero-order valence-corrected chi connectivity index (χ0v) is 13.2. The molecule has 0 spiro atoms. The Hall–Kier alpha value is -0.160. The largest absolute Gasteiger partial charge is 0.381 e. The van der Waals surface area contributed by atoms with E-state index in [4.69, 9.17) is 15.3 Å². The average molecular weight is 284 g/mol. The highest BCUT2D eigenvalue weighted by atomic mass is 16.5. The molecule has 118 valence electrons. The van der Waals surface area contributed by atoms with E-state index in [1.807, 2.05) is 0 Å². The van der Waals surface area contributed by atoms with Crippen molar-refractivity contribution in [1.82, 2.24) is 5.43 Å². The van der Waals surface area contributed by atoms with Crippen molar-refractivity contribution in [2.45, 2.75) is 70.4 Å². The van der Waals surface area contributed by atoms with Crippen molar-refractivity contribution in [2.75, 3.05) is 19.8 Å². The van der Waals surface area contributed by atoms with Gasteiger partial charge in [-0.3, -0.25) is 11.3 Å². The van der Waals surface area contributed by atoms with Gasteiger partial charge in [0.25, 0.3) is 0 Å². The molecule has 1 aliphatic heterocycles. The summed E-state index contributed by atoms with van der Waals surface area (Å²) in [6, 6.07) is 0.261. The summed E-state index contributed by atoms with van der Waals surface area (Å²) < 4.78 is 11.8. The third kappa shape index (κ3) is 3.35. The standard InChI is InChI=1S/C16H32N2O2/c1-3-13-7-5-6-8-14(13)15(18-17)16(20-4-2)9-11-19-12-10-16/h13-15,18H,3-12,17H2,1-2H3. The lowest BCUT2D eigenvalue weighted by Crippen LogP contribution is -2.62. The molecule has 4 nitrogen and oxygen atoms in total. The minimum Gasteiger partial charge on any atom is -0.381 e. The van der Waals surface area contributed by atoms with Gasteiger partial charge in [-0.2, -0.15) is 0 Å². The first-order chi connectivity index (χ1) is 9.77. The minimum atomic E-state index is -0.128.